The Morgan fingerprint density at radius 2 is 1.81 bits per heavy atom. The minimum atomic E-state index is 0.0595. The van der Waals surface area contributed by atoms with Crippen molar-refractivity contribution in [1.82, 2.24) is 14.8 Å². The van der Waals surface area contributed by atoms with E-state index in [4.69, 9.17) is 4.74 Å². The van der Waals surface area contributed by atoms with Crippen molar-refractivity contribution < 1.29 is 9.53 Å². The molecule has 2 heterocycles. The number of ether oxygens (including phenoxy) is 1. The molecular weight excluding hydrogens is 328 g/mol. The van der Waals surface area contributed by atoms with Crippen LogP contribution >= 0.6 is 0 Å². The molecule has 1 aromatic heterocycles. The van der Waals surface area contributed by atoms with Gasteiger partial charge < -0.3 is 19.9 Å². The summed E-state index contributed by atoms with van der Waals surface area (Å²) in [4.78, 5) is 21.1. The largest absolute Gasteiger partial charge is 0.491 e. The summed E-state index contributed by atoms with van der Waals surface area (Å²) in [6.45, 7) is 7.34. The van der Waals surface area contributed by atoms with Crippen molar-refractivity contribution >= 4 is 17.4 Å². The molecular formula is C20H26N4O2. The van der Waals surface area contributed by atoms with Gasteiger partial charge in [0.25, 0.3) is 5.91 Å². The summed E-state index contributed by atoms with van der Waals surface area (Å²) in [6, 6.07) is 11.3. The molecule has 1 fully saturated rings. The van der Waals surface area contributed by atoms with Crippen LogP contribution in [0.1, 0.15) is 24.2 Å². The molecule has 0 unspecified atom stereocenters. The number of benzene rings is 1. The van der Waals surface area contributed by atoms with Crippen molar-refractivity contribution in [3.05, 3.63) is 48.2 Å². The van der Waals surface area contributed by atoms with Gasteiger partial charge in [-0.05, 0) is 57.3 Å². The first-order chi connectivity index (χ1) is 12.5. The summed E-state index contributed by atoms with van der Waals surface area (Å²) in [5.41, 5.74) is 1.56. The quantitative estimate of drug-likeness (QED) is 0.894. The summed E-state index contributed by atoms with van der Waals surface area (Å²) in [6.07, 6.45) is 1.81. The molecule has 0 bridgehead atoms. The standard InChI is InChI=1S/C20H26N4O2/c1-15(2)26-18-6-4-17(5-7-18)22-19-14-16(8-9-21-19)20(25)24-12-10-23(3)11-13-24/h4-9,14-15H,10-13H2,1-3H3,(H,21,22). The van der Waals surface area contributed by atoms with Gasteiger partial charge >= 0.3 is 0 Å². The Morgan fingerprint density at radius 3 is 2.46 bits per heavy atom. The highest BCUT2D eigenvalue weighted by molar-refractivity contribution is 5.95. The highest BCUT2D eigenvalue weighted by atomic mass is 16.5. The van der Waals surface area contributed by atoms with E-state index < -0.39 is 0 Å². The lowest BCUT2D eigenvalue weighted by Gasteiger charge is -2.32. The Labute approximate surface area is 154 Å². The van der Waals surface area contributed by atoms with E-state index in [1.165, 1.54) is 0 Å². The predicted molar refractivity (Wildman–Crippen MR) is 103 cm³/mol. The zero-order chi connectivity index (χ0) is 18.5. The van der Waals surface area contributed by atoms with E-state index in [0.29, 0.717) is 11.4 Å². The maximum Gasteiger partial charge on any atom is 0.254 e. The summed E-state index contributed by atoms with van der Waals surface area (Å²) in [5.74, 6) is 1.55. The number of hydrogen-bond donors (Lipinski definition) is 1. The molecule has 1 amide bonds. The lowest BCUT2D eigenvalue weighted by atomic mass is 10.2. The van der Waals surface area contributed by atoms with E-state index in [9.17, 15) is 4.79 Å². The Balaban J connectivity index is 1.66. The Morgan fingerprint density at radius 1 is 1.12 bits per heavy atom. The molecule has 1 aliphatic heterocycles. The predicted octanol–water partition coefficient (Wildman–Crippen LogP) is 3.00. The highest BCUT2D eigenvalue weighted by Crippen LogP contribution is 2.20. The zero-order valence-corrected chi connectivity index (χ0v) is 15.6. The minimum absolute atomic E-state index is 0.0595. The average molecular weight is 354 g/mol. The van der Waals surface area contributed by atoms with Gasteiger partial charge in [0.05, 0.1) is 6.10 Å². The summed E-state index contributed by atoms with van der Waals surface area (Å²) >= 11 is 0. The molecule has 3 rings (SSSR count). The van der Waals surface area contributed by atoms with E-state index in [0.717, 1.165) is 37.6 Å². The smallest absolute Gasteiger partial charge is 0.254 e. The second kappa shape index (κ2) is 8.19. The van der Waals surface area contributed by atoms with Crippen LogP contribution in [0.2, 0.25) is 0 Å². The lowest BCUT2D eigenvalue weighted by Crippen LogP contribution is -2.47. The van der Waals surface area contributed by atoms with E-state index in [2.05, 4.69) is 22.2 Å². The summed E-state index contributed by atoms with van der Waals surface area (Å²) < 4.78 is 5.65. The van der Waals surface area contributed by atoms with Crippen molar-refractivity contribution in [2.45, 2.75) is 20.0 Å². The maximum absolute atomic E-state index is 12.7. The number of nitrogens with one attached hydrogen (secondary N) is 1. The molecule has 0 atom stereocenters. The number of aromatic nitrogens is 1. The van der Waals surface area contributed by atoms with Crippen molar-refractivity contribution in [2.24, 2.45) is 0 Å². The van der Waals surface area contributed by atoms with Crippen LogP contribution in [0.25, 0.3) is 0 Å². The van der Waals surface area contributed by atoms with Crippen LogP contribution in [-0.2, 0) is 0 Å². The molecule has 1 aromatic carbocycles. The molecule has 0 saturated carbocycles. The van der Waals surface area contributed by atoms with Gasteiger partial charge in [0, 0.05) is 43.6 Å². The first-order valence-corrected chi connectivity index (χ1v) is 8.99. The van der Waals surface area contributed by atoms with E-state index in [-0.39, 0.29) is 12.0 Å². The monoisotopic (exact) mass is 354 g/mol. The van der Waals surface area contributed by atoms with Gasteiger partial charge in [0.1, 0.15) is 11.6 Å². The number of pyridine rings is 1. The third-order valence-electron chi connectivity index (χ3n) is 4.30. The topological polar surface area (TPSA) is 57.7 Å². The van der Waals surface area contributed by atoms with Gasteiger partial charge in [-0.15, -0.1) is 0 Å². The first kappa shape index (κ1) is 18.2. The van der Waals surface area contributed by atoms with Crippen molar-refractivity contribution in [1.29, 1.82) is 0 Å². The Bertz CT molecular complexity index is 738. The van der Waals surface area contributed by atoms with Gasteiger partial charge in [0.15, 0.2) is 0 Å². The summed E-state index contributed by atoms with van der Waals surface area (Å²) in [7, 11) is 2.08. The van der Waals surface area contributed by atoms with Crippen LogP contribution in [-0.4, -0.2) is 60.0 Å². The van der Waals surface area contributed by atoms with Gasteiger partial charge in [-0.2, -0.15) is 0 Å². The number of carbonyl (C=O) groups is 1. The highest BCUT2D eigenvalue weighted by Gasteiger charge is 2.20. The van der Waals surface area contributed by atoms with Gasteiger partial charge in [-0.1, -0.05) is 0 Å². The van der Waals surface area contributed by atoms with Crippen LogP contribution in [0, 0.1) is 0 Å². The number of piperazine rings is 1. The fourth-order valence-corrected chi connectivity index (χ4v) is 2.86. The molecule has 1 saturated heterocycles. The number of nitrogens with zero attached hydrogens (tertiary/aromatic N) is 3. The third kappa shape index (κ3) is 4.73. The molecule has 6 nitrogen and oxygen atoms in total. The number of likely N-dealkylation sites (N-methyl/N-ethyl adjacent to an activating group) is 1. The zero-order valence-electron chi connectivity index (χ0n) is 15.6. The van der Waals surface area contributed by atoms with Crippen molar-refractivity contribution in [3.8, 4) is 5.75 Å². The van der Waals surface area contributed by atoms with E-state index in [1.54, 1.807) is 18.3 Å². The van der Waals surface area contributed by atoms with Gasteiger partial charge in [-0.25, -0.2) is 4.98 Å². The Kier molecular flexibility index (Phi) is 5.73. The molecule has 2 aromatic rings. The molecule has 0 spiro atoms. The van der Waals surface area contributed by atoms with Gasteiger partial charge in [0.2, 0.25) is 0 Å². The normalized spacial score (nSPS) is 15.2. The molecule has 6 heteroatoms. The fourth-order valence-electron chi connectivity index (χ4n) is 2.86. The lowest BCUT2D eigenvalue weighted by molar-refractivity contribution is 0.0664. The third-order valence-corrected chi connectivity index (χ3v) is 4.30. The van der Waals surface area contributed by atoms with Crippen LogP contribution in [0.3, 0.4) is 0 Å². The van der Waals surface area contributed by atoms with E-state index >= 15 is 0 Å². The van der Waals surface area contributed by atoms with Crippen molar-refractivity contribution in [2.75, 3.05) is 38.5 Å². The fraction of sp³-hybridized carbons (Fsp3) is 0.400. The SMILES string of the molecule is CC(C)Oc1ccc(Nc2cc(C(=O)N3CCN(C)CC3)ccn2)cc1. The van der Waals surface area contributed by atoms with Crippen molar-refractivity contribution in [3.63, 3.8) is 0 Å². The molecule has 26 heavy (non-hydrogen) atoms. The summed E-state index contributed by atoms with van der Waals surface area (Å²) in [5, 5.41) is 3.24. The second-order valence-electron chi connectivity index (χ2n) is 6.84. The maximum atomic E-state index is 12.7. The first-order valence-electron chi connectivity index (χ1n) is 8.99. The van der Waals surface area contributed by atoms with Crippen LogP contribution in [0.5, 0.6) is 5.75 Å². The molecule has 1 N–H and O–H groups in total. The number of rotatable bonds is 5. The number of carbonyl (C=O) groups excluding carboxylic acids is 1. The minimum Gasteiger partial charge on any atom is -0.491 e. The van der Waals surface area contributed by atoms with Gasteiger partial charge in [-0.3, -0.25) is 4.79 Å². The molecule has 0 radical (unpaired) electrons. The van der Waals surface area contributed by atoms with Crippen LogP contribution in [0.15, 0.2) is 42.6 Å². The Hall–Kier alpha value is -2.60. The van der Waals surface area contributed by atoms with E-state index in [1.807, 2.05) is 43.0 Å². The second-order valence-corrected chi connectivity index (χ2v) is 6.84. The van der Waals surface area contributed by atoms with Crippen LogP contribution in [0.4, 0.5) is 11.5 Å². The number of hydrogen-bond acceptors (Lipinski definition) is 5. The molecule has 1 aliphatic rings. The molecule has 138 valence electrons. The molecule has 0 aliphatic carbocycles. The number of anilines is 2. The average Bonchev–Trinajstić information content (AvgIpc) is 2.63. The number of amides is 1. The van der Waals surface area contributed by atoms with Crippen LogP contribution < -0.4 is 10.1 Å².